The number of rotatable bonds is 6. The van der Waals surface area contributed by atoms with Crippen LogP contribution in [0.25, 0.3) is 0 Å². The molecule has 2 aromatic rings. The molecular weight excluding hydrogens is 340 g/mol. The van der Waals surface area contributed by atoms with Crippen molar-refractivity contribution in [3.05, 3.63) is 59.7 Å². The highest BCUT2D eigenvalue weighted by atomic mass is 16.5. The Bertz CT molecular complexity index is 763. The summed E-state index contributed by atoms with van der Waals surface area (Å²) in [4.78, 5) is 17.0. The molecule has 1 atom stereocenters. The van der Waals surface area contributed by atoms with Gasteiger partial charge in [-0.15, -0.1) is 0 Å². The van der Waals surface area contributed by atoms with Gasteiger partial charge in [0.2, 0.25) is 5.91 Å². The van der Waals surface area contributed by atoms with Crippen LogP contribution in [-0.2, 0) is 11.2 Å². The Kier molecular flexibility index (Phi) is 6.35. The van der Waals surface area contributed by atoms with Gasteiger partial charge in [0.25, 0.3) is 0 Å². The zero-order chi connectivity index (χ0) is 19.2. The van der Waals surface area contributed by atoms with Gasteiger partial charge in [-0.2, -0.15) is 0 Å². The van der Waals surface area contributed by atoms with E-state index in [4.69, 9.17) is 9.47 Å². The average Bonchev–Trinajstić information content (AvgIpc) is 2.72. The Morgan fingerprint density at radius 3 is 2.48 bits per heavy atom. The van der Waals surface area contributed by atoms with E-state index in [0.29, 0.717) is 13.0 Å². The Hall–Kier alpha value is -2.53. The van der Waals surface area contributed by atoms with Crippen molar-refractivity contribution in [1.82, 2.24) is 9.80 Å². The van der Waals surface area contributed by atoms with E-state index in [-0.39, 0.29) is 11.9 Å². The normalized spacial score (nSPS) is 17.6. The number of carbonyl (C=O) groups is 1. The minimum absolute atomic E-state index is 0.152. The molecule has 5 nitrogen and oxygen atoms in total. The number of methoxy groups -OCH3 is 2. The molecule has 0 N–H and O–H groups in total. The smallest absolute Gasteiger partial charge is 0.223 e. The number of likely N-dealkylation sites (N-methyl/N-ethyl adjacent to an activating group) is 1. The first-order valence-electron chi connectivity index (χ1n) is 9.36. The van der Waals surface area contributed by atoms with Crippen molar-refractivity contribution in [3.63, 3.8) is 0 Å². The first-order chi connectivity index (χ1) is 13.1. The van der Waals surface area contributed by atoms with Crippen LogP contribution in [0.1, 0.15) is 23.6 Å². The number of piperazine rings is 1. The Balaban J connectivity index is 1.67. The number of aryl methyl sites for hydroxylation is 1. The lowest BCUT2D eigenvalue weighted by Gasteiger charge is -2.40. The maximum atomic E-state index is 12.7. The molecule has 0 spiro atoms. The molecule has 2 aromatic carbocycles. The van der Waals surface area contributed by atoms with Crippen molar-refractivity contribution in [1.29, 1.82) is 0 Å². The predicted octanol–water partition coefficient (Wildman–Crippen LogP) is 3.15. The highest BCUT2D eigenvalue weighted by Gasteiger charge is 2.28. The molecule has 0 bridgehead atoms. The molecule has 1 unspecified atom stereocenters. The largest absolute Gasteiger partial charge is 0.493 e. The molecule has 27 heavy (non-hydrogen) atoms. The maximum Gasteiger partial charge on any atom is 0.223 e. The van der Waals surface area contributed by atoms with Gasteiger partial charge in [0.1, 0.15) is 0 Å². The fourth-order valence-corrected chi connectivity index (χ4v) is 3.57. The van der Waals surface area contributed by atoms with Crippen molar-refractivity contribution >= 4 is 5.91 Å². The Morgan fingerprint density at radius 1 is 1.04 bits per heavy atom. The third-order valence-corrected chi connectivity index (χ3v) is 5.26. The molecule has 1 saturated heterocycles. The van der Waals surface area contributed by atoms with Gasteiger partial charge in [0.15, 0.2) is 11.5 Å². The molecule has 144 valence electrons. The third-order valence-electron chi connectivity index (χ3n) is 5.26. The molecule has 1 aliphatic heterocycles. The van der Waals surface area contributed by atoms with E-state index in [2.05, 4.69) is 30.1 Å². The van der Waals surface area contributed by atoms with Gasteiger partial charge in [-0.1, -0.05) is 36.4 Å². The number of nitrogens with zero attached hydrogens (tertiary/aromatic N) is 2. The molecular formula is C22H28N2O3. The highest BCUT2D eigenvalue weighted by molar-refractivity contribution is 5.76. The van der Waals surface area contributed by atoms with Crippen LogP contribution in [0.5, 0.6) is 11.5 Å². The average molecular weight is 368 g/mol. The molecule has 0 aliphatic carbocycles. The number of benzene rings is 2. The van der Waals surface area contributed by atoms with Gasteiger partial charge >= 0.3 is 0 Å². The molecule has 0 saturated carbocycles. The SMILES string of the molecule is COc1ccc(C2CN(C(=O)CCc3ccccc3)CCN2C)cc1OC. The van der Waals surface area contributed by atoms with Crippen molar-refractivity contribution in [2.24, 2.45) is 0 Å². The van der Waals surface area contributed by atoms with Crippen LogP contribution in [0.2, 0.25) is 0 Å². The van der Waals surface area contributed by atoms with E-state index in [9.17, 15) is 4.79 Å². The predicted molar refractivity (Wildman–Crippen MR) is 106 cm³/mol. The maximum absolute atomic E-state index is 12.7. The lowest BCUT2D eigenvalue weighted by Crippen LogP contribution is -2.49. The Labute approximate surface area is 161 Å². The topological polar surface area (TPSA) is 42.0 Å². The summed E-state index contributed by atoms with van der Waals surface area (Å²) in [5.41, 5.74) is 2.34. The van der Waals surface area contributed by atoms with Crippen LogP contribution in [-0.4, -0.2) is 56.6 Å². The summed E-state index contributed by atoms with van der Waals surface area (Å²) in [6.07, 6.45) is 1.33. The summed E-state index contributed by atoms with van der Waals surface area (Å²) >= 11 is 0. The van der Waals surface area contributed by atoms with Crippen LogP contribution >= 0.6 is 0 Å². The second kappa shape index (κ2) is 8.91. The summed E-state index contributed by atoms with van der Waals surface area (Å²) in [6.45, 7) is 2.32. The molecule has 1 heterocycles. The van der Waals surface area contributed by atoms with Gasteiger partial charge in [-0.05, 0) is 36.7 Å². The van der Waals surface area contributed by atoms with Gasteiger partial charge in [-0.25, -0.2) is 0 Å². The molecule has 0 aromatic heterocycles. The number of ether oxygens (including phenoxy) is 2. The van der Waals surface area contributed by atoms with Crippen LogP contribution in [0.4, 0.5) is 0 Å². The van der Waals surface area contributed by atoms with Crippen molar-refractivity contribution < 1.29 is 14.3 Å². The quantitative estimate of drug-likeness (QED) is 0.786. The zero-order valence-corrected chi connectivity index (χ0v) is 16.4. The summed E-state index contributed by atoms with van der Waals surface area (Å²) in [7, 11) is 5.39. The summed E-state index contributed by atoms with van der Waals surface area (Å²) in [5.74, 6) is 1.66. The van der Waals surface area contributed by atoms with Crippen LogP contribution < -0.4 is 9.47 Å². The van der Waals surface area contributed by atoms with Crippen molar-refractivity contribution in [3.8, 4) is 11.5 Å². The van der Waals surface area contributed by atoms with Crippen LogP contribution in [0.3, 0.4) is 0 Å². The highest BCUT2D eigenvalue weighted by Crippen LogP contribution is 2.33. The minimum atomic E-state index is 0.152. The van der Waals surface area contributed by atoms with E-state index in [1.165, 1.54) is 5.56 Å². The minimum Gasteiger partial charge on any atom is -0.493 e. The summed E-state index contributed by atoms with van der Waals surface area (Å²) in [6, 6.07) is 16.3. The molecule has 1 aliphatic rings. The van der Waals surface area contributed by atoms with Crippen molar-refractivity contribution in [2.75, 3.05) is 40.9 Å². The van der Waals surface area contributed by atoms with Gasteiger partial charge in [0, 0.05) is 26.1 Å². The Morgan fingerprint density at radius 2 is 1.78 bits per heavy atom. The monoisotopic (exact) mass is 368 g/mol. The van der Waals surface area contributed by atoms with Crippen LogP contribution in [0.15, 0.2) is 48.5 Å². The number of hydrogen-bond acceptors (Lipinski definition) is 4. The van der Waals surface area contributed by atoms with Crippen molar-refractivity contribution in [2.45, 2.75) is 18.9 Å². The number of carbonyl (C=O) groups excluding carboxylic acids is 1. The molecule has 5 heteroatoms. The third kappa shape index (κ3) is 4.61. The molecule has 1 amide bonds. The fraction of sp³-hybridized carbons (Fsp3) is 0.409. The van der Waals surface area contributed by atoms with Gasteiger partial charge in [0.05, 0.1) is 20.3 Å². The zero-order valence-electron chi connectivity index (χ0n) is 16.4. The second-order valence-electron chi connectivity index (χ2n) is 6.94. The van der Waals surface area contributed by atoms with E-state index in [0.717, 1.165) is 36.6 Å². The van der Waals surface area contributed by atoms with E-state index < -0.39 is 0 Å². The second-order valence-corrected chi connectivity index (χ2v) is 6.94. The van der Waals surface area contributed by atoms with E-state index in [1.807, 2.05) is 35.2 Å². The standard InChI is InChI=1S/C22H28N2O3/c1-23-13-14-24(22(25)12-9-17-7-5-4-6-8-17)16-19(23)18-10-11-20(26-2)21(15-18)27-3/h4-8,10-11,15,19H,9,12-14,16H2,1-3H3. The fourth-order valence-electron chi connectivity index (χ4n) is 3.57. The van der Waals surface area contributed by atoms with E-state index >= 15 is 0 Å². The molecule has 0 radical (unpaired) electrons. The van der Waals surface area contributed by atoms with Gasteiger partial charge < -0.3 is 14.4 Å². The lowest BCUT2D eigenvalue weighted by atomic mass is 10.0. The van der Waals surface area contributed by atoms with Gasteiger partial charge in [-0.3, -0.25) is 9.69 Å². The van der Waals surface area contributed by atoms with E-state index in [1.54, 1.807) is 14.2 Å². The number of amides is 1. The summed E-state index contributed by atoms with van der Waals surface area (Å²) in [5, 5.41) is 0. The lowest BCUT2D eigenvalue weighted by molar-refractivity contribution is -0.134. The van der Waals surface area contributed by atoms with Crippen LogP contribution in [0, 0.1) is 0 Å². The first kappa shape index (κ1) is 19.2. The first-order valence-corrected chi connectivity index (χ1v) is 9.36. The summed E-state index contributed by atoms with van der Waals surface area (Å²) < 4.78 is 10.8. The molecule has 3 rings (SSSR count). The molecule has 1 fully saturated rings. The number of hydrogen-bond donors (Lipinski definition) is 0.